The van der Waals surface area contributed by atoms with Crippen molar-refractivity contribution in [1.29, 1.82) is 0 Å². The highest BCUT2D eigenvalue weighted by molar-refractivity contribution is 9.10. The number of hydrogen-bond donors (Lipinski definition) is 2. The molecule has 178 valence electrons. The average Bonchev–Trinajstić information content (AvgIpc) is 3.42. The maximum Gasteiger partial charge on any atom is 0.270 e. The number of benzene rings is 1. The van der Waals surface area contributed by atoms with Crippen LogP contribution in [0.5, 0.6) is 0 Å². The number of aromatic nitrogens is 1. The minimum atomic E-state index is -4.47. The van der Waals surface area contributed by atoms with Gasteiger partial charge in [-0.25, -0.2) is 13.4 Å². The van der Waals surface area contributed by atoms with Crippen LogP contribution in [-0.4, -0.2) is 29.6 Å². The molecule has 0 radical (unpaired) electrons. The second-order valence-electron chi connectivity index (χ2n) is 9.50. The second kappa shape index (κ2) is 8.15. The molecular formula is C24H23BrN3O4S2-. The summed E-state index contributed by atoms with van der Waals surface area (Å²) < 4.78 is 36.2. The summed E-state index contributed by atoms with van der Waals surface area (Å²) in [5, 5.41) is 2.64. The molecule has 0 saturated heterocycles. The topological polar surface area (TPSA) is 111 Å². The third kappa shape index (κ3) is 3.86. The summed E-state index contributed by atoms with van der Waals surface area (Å²) in [5.41, 5.74) is 6.93. The SMILES string of the molecule is CC1(C)[C@H]2C=C(NNC(=O)c3cc(-c4cccs4)nc4ccc(Br)cc34)[C@]1(CS(=O)(=O)[O-])CC2. The molecule has 3 aromatic rings. The molecule has 1 saturated carbocycles. The molecule has 2 aliphatic rings. The van der Waals surface area contributed by atoms with Gasteiger partial charge < -0.3 is 9.98 Å². The van der Waals surface area contributed by atoms with E-state index in [0.717, 1.165) is 15.8 Å². The summed E-state index contributed by atoms with van der Waals surface area (Å²) in [4.78, 5) is 19.1. The monoisotopic (exact) mass is 560 g/mol. The number of nitrogens with one attached hydrogen (secondary N) is 2. The second-order valence-corrected chi connectivity index (χ2v) is 12.8. The third-order valence-corrected chi connectivity index (χ3v) is 9.68. The predicted octanol–water partition coefficient (Wildman–Crippen LogP) is 4.83. The summed E-state index contributed by atoms with van der Waals surface area (Å²) in [5.74, 6) is -0.729. The highest BCUT2D eigenvalue weighted by atomic mass is 79.9. The van der Waals surface area contributed by atoms with Gasteiger partial charge in [0.05, 0.1) is 31.8 Å². The van der Waals surface area contributed by atoms with Crippen molar-refractivity contribution in [1.82, 2.24) is 15.8 Å². The summed E-state index contributed by atoms with van der Waals surface area (Å²) in [7, 11) is -4.47. The Kier molecular flexibility index (Phi) is 5.63. The van der Waals surface area contributed by atoms with Crippen LogP contribution in [-0.2, 0) is 10.1 Å². The molecule has 0 aliphatic heterocycles. The van der Waals surface area contributed by atoms with Gasteiger partial charge in [0.25, 0.3) is 5.91 Å². The molecule has 1 fully saturated rings. The smallest absolute Gasteiger partial charge is 0.270 e. The van der Waals surface area contributed by atoms with Gasteiger partial charge in [-0.05, 0) is 59.9 Å². The van der Waals surface area contributed by atoms with Crippen LogP contribution in [0.1, 0.15) is 37.0 Å². The molecule has 0 spiro atoms. The van der Waals surface area contributed by atoms with Crippen LogP contribution in [0.25, 0.3) is 21.5 Å². The number of pyridine rings is 1. The Bertz CT molecular complexity index is 1430. The van der Waals surface area contributed by atoms with E-state index in [0.29, 0.717) is 34.3 Å². The van der Waals surface area contributed by atoms with Crippen molar-refractivity contribution in [2.45, 2.75) is 26.7 Å². The van der Waals surface area contributed by atoms with E-state index < -0.39 is 26.7 Å². The Balaban J connectivity index is 1.48. The first kappa shape index (κ1) is 23.5. The Morgan fingerprint density at radius 2 is 2.09 bits per heavy atom. The number of rotatable bonds is 6. The fourth-order valence-corrected chi connectivity index (χ4v) is 7.82. The van der Waals surface area contributed by atoms with Crippen LogP contribution in [0.4, 0.5) is 0 Å². The molecule has 10 heteroatoms. The lowest BCUT2D eigenvalue weighted by Gasteiger charge is -2.41. The fourth-order valence-electron chi connectivity index (χ4n) is 5.50. The maximum absolute atomic E-state index is 13.4. The van der Waals surface area contributed by atoms with Crippen LogP contribution < -0.4 is 10.9 Å². The molecule has 2 N–H and O–H groups in total. The molecule has 1 aromatic carbocycles. The number of hydrogen-bond acceptors (Lipinski definition) is 7. The molecule has 34 heavy (non-hydrogen) atoms. The number of carbonyl (C=O) groups excluding carboxylic acids is 1. The molecule has 5 rings (SSSR count). The Morgan fingerprint density at radius 1 is 1.29 bits per heavy atom. The number of fused-ring (bicyclic) bond motifs is 3. The highest BCUT2D eigenvalue weighted by Crippen LogP contribution is 2.64. The van der Waals surface area contributed by atoms with Crippen molar-refractivity contribution in [3.8, 4) is 10.6 Å². The lowest BCUT2D eigenvalue weighted by atomic mass is 9.69. The number of nitrogens with zero attached hydrogens (tertiary/aromatic N) is 1. The minimum Gasteiger partial charge on any atom is -0.748 e. The molecular weight excluding hydrogens is 538 g/mol. The average molecular weight is 562 g/mol. The van der Waals surface area contributed by atoms with E-state index in [1.807, 2.05) is 55.6 Å². The quantitative estimate of drug-likeness (QED) is 0.330. The van der Waals surface area contributed by atoms with Crippen molar-refractivity contribution in [2.75, 3.05) is 5.75 Å². The zero-order valence-corrected chi connectivity index (χ0v) is 21.8. The molecule has 2 aromatic heterocycles. The van der Waals surface area contributed by atoms with Crippen LogP contribution in [0.2, 0.25) is 0 Å². The molecule has 2 atom stereocenters. The van der Waals surface area contributed by atoms with E-state index in [2.05, 4.69) is 26.8 Å². The van der Waals surface area contributed by atoms with Crippen molar-refractivity contribution >= 4 is 54.2 Å². The summed E-state index contributed by atoms with van der Waals surface area (Å²) >= 11 is 5.01. The molecule has 0 unspecified atom stereocenters. The standard InChI is InChI=1S/C24H24BrN3O4S2/c1-23(2)14-7-8-24(23,13-34(30,31)32)21(10-14)27-28-22(29)17-12-19(20-4-3-9-33-20)26-18-6-5-15(25)11-16(17)18/h3-6,9-12,14,27H,7-8,13H2,1-2H3,(H,28,29)(H,30,31,32)/p-1/t14-,24-/m1/s1. The van der Waals surface area contributed by atoms with Gasteiger partial charge in [-0.15, -0.1) is 11.3 Å². The van der Waals surface area contributed by atoms with Crippen molar-refractivity contribution in [2.24, 2.45) is 16.7 Å². The maximum atomic E-state index is 13.4. The summed E-state index contributed by atoms with van der Waals surface area (Å²) in [6.07, 6.45) is 3.36. The number of allylic oxidation sites excluding steroid dienone is 2. The van der Waals surface area contributed by atoms with Crippen LogP contribution in [0, 0.1) is 16.7 Å². The summed E-state index contributed by atoms with van der Waals surface area (Å²) in [6.45, 7) is 3.98. The Labute approximate surface area is 210 Å². The first-order valence-corrected chi connectivity index (χ1v) is 14.1. The summed E-state index contributed by atoms with van der Waals surface area (Å²) in [6, 6.07) is 11.2. The number of amides is 1. The van der Waals surface area contributed by atoms with Crippen molar-refractivity contribution in [3.63, 3.8) is 0 Å². The Morgan fingerprint density at radius 3 is 2.76 bits per heavy atom. The van der Waals surface area contributed by atoms with E-state index in [-0.39, 0.29) is 11.8 Å². The van der Waals surface area contributed by atoms with Gasteiger partial charge in [-0.1, -0.05) is 41.9 Å². The first-order chi connectivity index (χ1) is 16.0. The Hall–Kier alpha value is -2.27. The first-order valence-electron chi connectivity index (χ1n) is 10.9. The minimum absolute atomic E-state index is 0.136. The van der Waals surface area contributed by atoms with Crippen LogP contribution in [0.15, 0.2) is 58.0 Å². The van der Waals surface area contributed by atoms with Gasteiger partial charge in [0.1, 0.15) is 0 Å². The highest BCUT2D eigenvalue weighted by Gasteiger charge is 2.61. The van der Waals surface area contributed by atoms with Gasteiger partial charge in [-0.3, -0.25) is 10.2 Å². The number of thiophene rings is 1. The largest absolute Gasteiger partial charge is 0.748 e. The molecule has 2 heterocycles. The lowest BCUT2D eigenvalue weighted by molar-refractivity contribution is 0.0928. The molecule has 7 nitrogen and oxygen atoms in total. The number of carbonyl (C=O) groups is 1. The normalized spacial score (nSPS) is 23.2. The van der Waals surface area contributed by atoms with Crippen LogP contribution >= 0.6 is 27.3 Å². The van der Waals surface area contributed by atoms with Gasteiger partial charge in [0, 0.05) is 26.7 Å². The zero-order valence-electron chi connectivity index (χ0n) is 18.6. The molecule has 1 amide bonds. The molecule has 2 bridgehead atoms. The van der Waals surface area contributed by atoms with Gasteiger partial charge >= 0.3 is 0 Å². The number of hydrazine groups is 1. The predicted molar refractivity (Wildman–Crippen MR) is 135 cm³/mol. The number of halogens is 1. The van der Waals surface area contributed by atoms with Gasteiger partial charge in [0.2, 0.25) is 0 Å². The van der Waals surface area contributed by atoms with Gasteiger partial charge in [-0.2, -0.15) is 0 Å². The van der Waals surface area contributed by atoms with E-state index in [1.54, 1.807) is 6.07 Å². The van der Waals surface area contributed by atoms with E-state index >= 15 is 0 Å². The lowest BCUT2D eigenvalue weighted by Crippen LogP contribution is -2.47. The van der Waals surface area contributed by atoms with Crippen molar-refractivity contribution < 1.29 is 17.8 Å². The van der Waals surface area contributed by atoms with E-state index in [1.165, 1.54) is 11.3 Å². The zero-order chi connectivity index (χ0) is 24.3. The van der Waals surface area contributed by atoms with E-state index in [9.17, 15) is 17.8 Å². The van der Waals surface area contributed by atoms with Crippen LogP contribution in [0.3, 0.4) is 0 Å². The van der Waals surface area contributed by atoms with Gasteiger partial charge in [0.15, 0.2) is 0 Å². The fraction of sp³-hybridized carbons (Fsp3) is 0.333. The molecule has 2 aliphatic carbocycles. The third-order valence-electron chi connectivity index (χ3n) is 7.45. The van der Waals surface area contributed by atoms with Crippen molar-refractivity contribution in [3.05, 3.63) is 63.6 Å². The van der Waals surface area contributed by atoms with E-state index in [4.69, 9.17) is 4.98 Å².